The van der Waals surface area contributed by atoms with E-state index in [2.05, 4.69) is 17.3 Å². The first-order valence-electron chi connectivity index (χ1n) is 4.41. The lowest BCUT2D eigenvalue weighted by Crippen LogP contribution is -2.44. The number of likely N-dealkylation sites (N-methyl/N-ethyl adjacent to an activating group) is 1. The van der Waals surface area contributed by atoms with Crippen LogP contribution in [0.3, 0.4) is 0 Å². The van der Waals surface area contributed by atoms with E-state index in [1.54, 1.807) is 0 Å². The van der Waals surface area contributed by atoms with Crippen molar-refractivity contribution in [1.82, 2.24) is 10.2 Å². The van der Waals surface area contributed by atoms with Gasteiger partial charge in [0.2, 0.25) is 0 Å². The Kier molecular flexibility index (Phi) is 1.92. The van der Waals surface area contributed by atoms with Gasteiger partial charge in [-0.05, 0) is 26.4 Å². The van der Waals surface area contributed by atoms with Crippen LogP contribution in [0.15, 0.2) is 0 Å². The highest BCUT2D eigenvalue weighted by atomic mass is 16.6. The van der Waals surface area contributed by atoms with Gasteiger partial charge >= 0.3 is 6.09 Å². The predicted molar refractivity (Wildman–Crippen MR) is 43.9 cm³/mol. The maximum Gasteiger partial charge on any atom is 0.407 e. The molecule has 0 aromatic rings. The molecular weight excluding hydrogens is 156 g/mol. The van der Waals surface area contributed by atoms with Gasteiger partial charge in [-0.3, -0.25) is 0 Å². The van der Waals surface area contributed by atoms with Crippen molar-refractivity contribution in [2.75, 3.05) is 20.2 Å². The highest BCUT2D eigenvalue weighted by molar-refractivity contribution is 5.69. The maximum atomic E-state index is 10.8. The van der Waals surface area contributed by atoms with E-state index in [1.165, 1.54) is 12.8 Å². The largest absolute Gasteiger partial charge is 0.447 e. The van der Waals surface area contributed by atoms with Gasteiger partial charge in [0.25, 0.3) is 0 Å². The van der Waals surface area contributed by atoms with Crippen LogP contribution in [-0.4, -0.2) is 43.3 Å². The van der Waals surface area contributed by atoms with E-state index >= 15 is 0 Å². The summed E-state index contributed by atoms with van der Waals surface area (Å²) in [5.41, 5.74) is 0. The predicted octanol–water partition coefficient (Wildman–Crippen LogP) is 0.189. The van der Waals surface area contributed by atoms with Crippen LogP contribution in [0.2, 0.25) is 0 Å². The third-order valence-corrected chi connectivity index (χ3v) is 2.74. The molecule has 0 saturated carbocycles. The van der Waals surface area contributed by atoms with Crippen LogP contribution in [0.5, 0.6) is 0 Å². The Morgan fingerprint density at radius 1 is 1.67 bits per heavy atom. The fourth-order valence-corrected chi connectivity index (χ4v) is 2.05. The third kappa shape index (κ3) is 1.27. The van der Waals surface area contributed by atoms with E-state index in [1.807, 2.05) is 0 Å². The normalized spacial score (nSPS) is 36.6. The average Bonchev–Trinajstić information content (AvgIpc) is 2.58. The lowest BCUT2D eigenvalue weighted by atomic mass is 10.1. The number of rotatable bonds is 1. The Bertz CT molecular complexity index is 195. The van der Waals surface area contributed by atoms with E-state index in [0.717, 1.165) is 6.54 Å². The summed E-state index contributed by atoms with van der Waals surface area (Å²) in [7, 11) is 2.10. The number of hydrogen-bond acceptors (Lipinski definition) is 3. The molecule has 2 aliphatic rings. The second-order valence-corrected chi connectivity index (χ2v) is 3.54. The van der Waals surface area contributed by atoms with Crippen LogP contribution in [0.1, 0.15) is 12.8 Å². The molecule has 0 radical (unpaired) electrons. The van der Waals surface area contributed by atoms with Crippen LogP contribution >= 0.6 is 0 Å². The summed E-state index contributed by atoms with van der Waals surface area (Å²) in [5.74, 6) is 0. The van der Waals surface area contributed by atoms with Crippen molar-refractivity contribution in [3.63, 3.8) is 0 Å². The van der Waals surface area contributed by atoms with Gasteiger partial charge in [0.05, 0.1) is 6.04 Å². The second-order valence-electron chi connectivity index (χ2n) is 3.54. The second kappa shape index (κ2) is 2.94. The minimum Gasteiger partial charge on any atom is -0.447 e. The zero-order valence-electron chi connectivity index (χ0n) is 7.25. The number of hydrogen-bond donors (Lipinski definition) is 1. The molecule has 0 spiro atoms. The molecule has 0 aromatic carbocycles. The number of nitrogens with zero attached hydrogens (tertiary/aromatic N) is 1. The summed E-state index contributed by atoms with van der Waals surface area (Å²) in [6.45, 7) is 1.67. The molecule has 2 fully saturated rings. The number of amides is 1. The van der Waals surface area contributed by atoms with Crippen molar-refractivity contribution in [2.45, 2.75) is 24.9 Å². The molecule has 4 heteroatoms. The van der Waals surface area contributed by atoms with Crippen LogP contribution in [0, 0.1) is 0 Å². The van der Waals surface area contributed by atoms with E-state index in [0.29, 0.717) is 12.6 Å². The van der Waals surface area contributed by atoms with Crippen LogP contribution in [-0.2, 0) is 4.74 Å². The molecule has 0 aromatic heterocycles. The minimum atomic E-state index is -0.264. The summed E-state index contributed by atoms with van der Waals surface area (Å²) < 4.78 is 4.85. The zero-order chi connectivity index (χ0) is 8.55. The van der Waals surface area contributed by atoms with E-state index in [4.69, 9.17) is 4.74 Å². The van der Waals surface area contributed by atoms with Crippen LogP contribution in [0.25, 0.3) is 0 Å². The Labute approximate surface area is 71.9 Å². The highest BCUT2D eigenvalue weighted by Gasteiger charge is 2.34. The number of alkyl carbamates (subject to hydrolysis) is 1. The first-order valence-corrected chi connectivity index (χ1v) is 4.41. The molecule has 12 heavy (non-hydrogen) atoms. The van der Waals surface area contributed by atoms with Gasteiger partial charge in [-0.15, -0.1) is 0 Å². The molecule has 4 nitrogen and oxygen atoms in total. The summed E-state index contributed by atoms with van der Waals surface area (Å²) in [5, 5.41) is 2.82. The van der Waals surface area contributed by atoms with Crippen LogP contribution in [0.4, 0.5) is 4.79 Å². The van der Waals surface area contributed by atoms with Crippen molar-refractivity contribution in [3.8, 4) is 0 Å². The molecular formula is C8H14N2O2. The highest BCUT2D eigenvalue weighted by Crippen LogP contribution is 2.20. The van der Waals surface area contributed by atoms with Gasteiger partial charge in [0, 0.05) is 6.04 Å². The molecule has 2 aliphatic heterocycles. The van der Waals surface area contributed by atoms with Crippen LogP contribution < -0.4 is 5.32 Å². The molecule has 1 N–H and O–H groups in total. The molecule has 0 aliphatic carbocycles. The SMILES string of the molecule is CN1CCC[C@H]1[C@@H]1COC(=O)N1. The number of carbonyl (C=O) groups is 1. The topological polar surface area (TPSA) is 41.6 Å². The monoisotopic (exact) mass is 170 g/mol. The number of ether oxygens (including phenoxy) is 1. The van der Waals surface area contributed by atoms with Gasteiger partial charge in [-0.25, -0.2) is 4.79 Å². The van der Waals surface area contributed by atoms with Gasteiger partial charge < -0.3 is 15.0 Å². The lowest BCUT2D eigenvalue weighted by Gasteiger charge is -2.23. The molecule has 0 bridgehead atoms. The van der Waals surface area contributed by atoms with E-state index in [9.17, 15) is 4.79 Å². The minimum absolute atomic E-state index is 0.213. The molecule has 2 heterocycles. The number of cyclic esters (lactones) is 1. The Hall–Kier alpha value is -0.770. The average molecular weight is 170 g/mol. The fourth-order valence-electron chi connectivity index (χ4n) is 2.05. The van der Waals surface area contributed by atoms with Crippen molar-refractivity contribution >= 4 is 6.09 Å². The van der Waals surface area contributed by atoms with Gasteiger partial charge in [0.15, 0.2) is 0 Å². The van der Waals surface area contributed by atoms with Gasteiger partial charge in [0.1, 0.15) is 6.61 Å². The third-order valence-electron chi connectivity index (χ3n) is 2.74. The molecule has 1 amide bonds. The summed E-state index contributed by atoms with van der Waals surface area (Å²) in [6.07, 6.45) is 2.14. The van der Waals surface area contributed by atoms with E-state index in [-0.39, 0.29) is 12.1 Å². The molecule has 2 atom stereocenters. The van der Waals surface area contributed by atoms with E-state index < -0.39 is 0 Å². The molecule has 0 unspecified atom stereocenters. The Morgan fingerprint density at radius 2 is 2.50 bits per heavy atom. The molecule has 2 saturated heterocycles. The number of likely N-dealkylation sites (tertiary alicyclic amines) is 1. The summed E-state index contributed by atoms with van der Waals surface area (Å²) in [4.78, 5) is 13.1. The van der Waals surface area contributed by atoms with Crippen molar-refractivity contribution in [2.24, 2.45) is 0 Å². The first-order chi connectivity index (χ1) is 5.77. The fraction of sp³-hybridized carbons (Fsp3) is 0.875. The Morgan fingerprint density at radius 3 is 3.00 bits per heavy atom. The Balaban J connectivity index is 1.95. The summed E-state index contributed by atoms with van der Waals surface area (Å²) in [6, 6.07) is 0.696. The van der Waals surface area contributed by atoms with Crippen molar-refractivity contribution in [3.05, 3.63) is 0 Å². The van der Waals surface area contributed by atoms with Crippen molar-refractivity contribution < 1.29 is 9.53 Å². The quantitative estimate of drug-likeness (QED) is 0.610. The number of carbonyl (C=O) groups excluding carboxylic acids is 1. The number of nitrogens with one attached hydrogen (secondary N) is 1. The zero-order valence-corrected chi connectivity index (χ0v) is 7.25. The standard InChI is InChI=1S/C8H14N2O2/c1-10-4-2-3-7(10)6-5-12-8(11)9-6/h6-7H,2-5H2,1H3,(H,9,11)/t6-,7-/m0/s1. The first kappa shape index (κ1) is 7.86. The molecule has 2 rings (SSSR count). The smallest absolute Gasteiger partial charge is 0.407 e. The van der Waals surface area contributed by atoms with Gasteiger partial charge in [-0.1, -0.05) is 0 Å². The summed E-state index contributed by atoms with van der Waals surface area (Å²) >= 11 is 0. The molecule has 68 valence electrons. The van der Waals surface area contributed by atoms with Gasteiger partial charge in [-0.2, -0.15) is 0 Å². The maximum absolute atomic E-state index is 10.8. The van der Waals surface area contributed by atoms with Crippen molar-refractivity contribution in [1.29, 1.82) is 0 Å². The lowest BCUT2D eigenvalue weighted by molar-refractivity contribution is 0.172.